The van der Waals surface area contributed by atoms with Crippen LogP contribution < -0.4 is 20.7 Å². The highest BCUT2D eigenvalue weighted by Gasteiger charge is 2.61. The Balaban J connectivity index is 1.39. The fraction of sp³-hybridized carbons (Fsp3) is 0.500. The Morgan fingerprint density at radius 3 is 2.44 bits per heavy atom. The summed E-state index contributed by atoms with van der Waals surface area (Å²) >= 11 is 0. The van der Waals surface area contributed by atoms with Gasteiger partial charge in [0.25, 0.3) is 15.9 Å². The van der Waals surface area contributed by atoms with Crippen LogP contribution in [0, 0.1) is 23.6 Å². The SMILES string of the molecule is C=C[C@@H]1C[C@]1(NC(=O)[C@@H]1CN(C(=O)[C@@H](NC(=O)OC(C)(C)C)C(C)C)CC[C@H]1c1ccc(F)cc1)C(=O)NS(=O)(=O)c1cccc2c1NCC2. The maximum Gasteiger partial charge on any atom is 0.408 e. The van der Waals surface area contributed by atoms with E-state index in [0.717, 1.165) is 5.56 Å². The summed E-state index contributed by atoms with van der Waals surface area (Å²) in [4.78, 5) is 56.1. The second-order valence-electron chi connectivity index (χ2n) is 14.6. The Morgan fingerprint density at radius 2 is 1.82 bits per heavy atom. The topological polar surface area (TPSA) is 163 Å². The smallest absolute Gasteiger partial charge is 0.408 e. The standard InChI is InChI=1S/C36H46FN5O7S/c1-7-24-19-36(24,33(45)41-50(47,48)28-10-8-9-23-15-17-38-30(23)28)40-31(43)27-20-42(18-16-26(27)22-11-13-25(37)14-12-22)32(44)29(21(2)3)39-34(46)49-35(4,5)6/h7-14,21,24,26-27,29,38H,1,15-20H2,2-6H3,(H,39,46)(H,40,43)(H,41,45)/t24-,26+,27-,29+,36-/m1/s1. The number of hydrogen-bond acceptors (Lipinski definition) is 8. The Hall–Kier alpha value is -4.46. The molecular formula is C36H46FN5O7S. The zero-order chi connectivity index (χ0) is 36.6. The molecule has 5 atom stereocenters. The summed E-state index contributed by atoms with van der Waals surface area (Å²) in [5.41, 5.74) is -0.430. The first-order chi connectivity index (χ1) is 23.5. The van der Waals surface area contributed by atoms with Gasteiger partial charge >= 0.3 is 6.09 Å². The molecule has 1 aliphatic carbocycles. The lowest BCUT2D eigenvalue weighted by Crippen LogP contribution is -2.58. The number of fused-ring (bicyclic) bond motifs is 1. The van der Waals surface area contributed by atoms with Crippen molar-refractivity contribution in [2.24, 2.45) is 17.8 Å². The van der Waals surface area contributed by atoms with Gasteiger partial charge in [0.15, 0.2) is 0 Å². The van der Waals surface area contributed by atoms with Gasteiger partial charge in [-0.3, -0.25) is 14.4 Å². The van der Waals surface area contributed by atoms with Crippen molar-refractivity contribution < 1.29 is 36.7 Å². The minimum Gasteiger partial charge on any atom is -0.444 e. The summed E-state index contributed by atoms with van der Waals surface area (Å²) in [6, 6.07) is 9.67. The quantitative estimate of drug-likeness (QED) is 0.270. The first-order valence-electron chi connectivity index (χ1n) is 16.9. The minimum absolute atomic E-state index is 0.0596. The van der Waals surface area contributed by atoms with Gasteiger partial charge in [0, 0.05) is 25.6 Å². The third-order valence-corrected chi connectivity index (χ3v) is 10.9. The van der Waals surface area contributed by atoms with Crippen LogP contribution in [0.4, 0.5) is 14.9 Å². The summed E-state index contributed by atoms with van der Waals surface area (Å²) in [7, 11) is -4.32. The van der Waals surface area contributed by atoms with Gasteiger partial charge in [-0.25, -0.2) is 22.3 Å². The van der Waals surface area contributed by atoms with E-state index >= 15 is 0 Å². The molecule has 0 unspecified atom stereocenters. The van der Waals surface area contributed by atoms with Gasteiger partial charge in [-0.15, -0.1) is 6.58 Å². The number of sulfonamides is 1. The molecule has 3 aliphatic rings. The second-order valence-corrected chi connectivity index (χ2v) is 16.3. The van der Waals surface area contributed by atoms with Gasteiger partial charge in [-0.1, -0.05) is 44.2 Å². The highest BCUT2D eigenvalue weighted by Crippen LogP contribution is 2.46. The average molecular weight is 712 g/mol. The Kier molecular flexibility index (Phi) is 10.3. The molecule has 2 fully saturated rings. The molecule has 4 amide bonds. The number of ether oxygens (including phenoxy) is 1. The molecule has 270 valence electrons. The Labute approximate surface area is 292 Å². The molecule has 0 aromatic heterocycles. The van der Waals surface area contributed by atoms with Crippen molar-refractivity contribution in [3.8, 4) is 0 Å². The van der Waals surface area contributed by atoms with E-state index in [-0.39, 0.29) is 30.3 Å². The monoisotopic (exact) mass is 711 g/mol. The zero-order valence-electron chi connectivity index (χ0n) is 29.0. The van der Waals surface area contributed by atoms with Crippen LogP contribution in [0.15, 0.2) is 60.0 Å². The van der Waals surface area contributed by atoms with Gasteiger partial charge in [-0.05, 0) is 81.2 Å². The summed E-state index contributed by atoms with van der Waals surface area (Å²) in [5.74, 6) is -4.54. The number of benzene rings is 2. The van der Waals surface area contributed by atoms with Gasteiger partial charge in [0.05, 0.1) is 11.6 Å². The lowest BCUT2D eigenvalue weighted by molar-refractivity contribution is -0.140. The average Bonchev–Trinajstić information content (AvgIpc) is 3.55. The number of alkyl carbamates (subject to hydrolysis) is 1. The van der Waals surface area contributed by atoms with Crippen molar-refractivity contribution in [3.63, 3.8) is 0 Å². The number of piperidine rings is 1. The van der Waals surface area contributed by atoms with Crippen molar-refractivity contribution >= 4 is 39.5 Å². The van der Waals surface area contributed by atoms with Crippen LogP contribution in [0.5, 0.6) is 0 Å². The molecule has 2 heterocycles. The zero-order valence-corrected chi connectivity index (χ0v) is 29.9. The number of rotatable bonds is 10. The van der Waals surface area contributed by atoms with E-state index in [4.69, 9.17) is 4.74 Å². The van der Waals surface area contributed by atoms with E-state index in [0.29, 0.717) is 30.6 Å². The summed E-state index contributed by atoms with van der Waals surface area (Å²) in [6.45, 7) is 13.3. The van der Waals surface area contributed by atoms with Gasteiger partial charge in [-0.2, -0.15) is 0 Å². The van der Waals surface area contributed by atoms with Crippen molar-refractivity contribution in [1.82, 2.24) is 20.3 Å². The summed E-state index contributed by atoms with van der Waals surface area (Å²) in [5, 5.41) is 8.58. The fourth-order valence-electron chi connectivity index (χ4n) is 6.82. The lowest BCUT2D eigenvalue weighted by atomic mass is 9.79. The van der Waals surface area contributed by atoms with Crippen molar-refractivity contribution in [1.29, 1.82) is 0 Å². The van der Waals surface area contributed by atoms with Crippen molar-refractivity contribution in [3.05, 3.63) is 72.1 Å². The molecule has 2 aromatic rings. The number of carbonyl (C=O) groups is 4. The highest BCUT2D eigenvalue weighted by atomic mass is 32.2. The summed E-state index contributed by atoms with van der Waals surface area (Å²) in [6.07, 6.45) is 1.86. The van der Waals surface area contributed by atoms with Crippen LogP contribution in [0.1, 0.15) is 64.5 Å². The van der Waals surface area contributed by atoms with E-state index in [1.165, 1.54) is 29.2 Å². The van der Waals surface area contributed by atoms with Crippen LogP contribution in [0.2, 0.25) is 0 Å². The van der Waals surface area contributed by atoms with E-state index < -0.39 is 74.6 Å². The van der Waals surface area contributed by atoms with Crippen LogP contribution in [-0.4, -0.2) is 73.9 Å². The number of halogens is 1. The first-order valence-corrected chi connectivity index (χ1v) is 18.4. The van der Waals surface area contributed by atoms with Crippen LogP contribution in [0.3, 0.4) is 0 Å². The highest BCUT2D eigenvalue weighted by molar-refractivity contribution is 7.90. The number of nitrogens with one attached hydrogen (secondary N) is 4. The Morgan fingerprint density at radius 1 is 1.12 bits per heavy atom. The number of likely N-dealkylation sites (tertiary alicyclic amines) is 1. The second kappa shape index (κ2) is 14.0. The molecule has 12 nitrogen and oxygen atoms in total. The maximum absolute atomic E-state index is 14.3. The number of carbonyl (C=O) groups excluding carboxylic acids is 4. The van der Waals surface area contributed by atoms with Crippen LogP contribution in [0.25, 0.3) is 0 Å². The van der Waals surface area contributed by atoms with E-state index in [9.17, 15) is 32.0 Å². The number of anilines is 1. The molecule has 14 heteroatoms. The fourth-order valence-corrected chi connectivity index (χ4v) is 8.08. The largest absolute Gasteiger partial charge is 0.444 e. The van der Waals surface area contributed by atoms with E-state index in [1.54, 1.807) is 52.8 Å². The molecule has 4 N–H and O–H groups in total. The number of hydrogen-bond donors (Lipinski definition) is 4. The van der Waals surface area contributed by atoms with Gasteiger partial charge in [0.2, 0.25) is 11.8 Å². The normalized spacial score (nSPS) is 23.6. The number of para-hydroxylation sites is 1. The van der Waals surface area contributed by atoms with Crippen molar-refractivity contribution in [2.45, 2.75) is 81.9 Å². The third-order valence-electron chi connectivity index (χ3n) is 9.54. The molecule has 0 spiro atoms. The van der Waals surface area contributed by atoms with E-state index in [2.05, 4.69) is 27.3 Å². The maximum atomic E-state index is 14.3. The molecule has 0 bridgehead atoms. The predicted octanol–water partition coefficient (Wildman–Crippen LogP) is 3.84. The molecule has 1 saturated heterocycles. The molecule has 50 heavy (non-hydrogen) atoms. The molecule has 2 aliphatic heterocycles. The van der Waals surface area contributed by atoms with E-state index in [1.807, 2.05) is 6.07 Å². The first kappa shape index (κ1) is 36.8. The van der Waals surface area contributed by atoms with Gasteiger partial charge in [0.1, 0.15) is 27.9 Å². The van der Waals surface area contributed by atoms with Crippen LogP contribution in [-0.2, 0) is 35.6 Å². The molecule has 1 saturated carbocycles. The third kappa shape index (κ3) is 7.79. The van der Waals surface area contributed by atoms with Crippen LogP contribution >= 0.6 is 0 Å². The minimum atomic E-state index is -4.32. The van der Waals surface area contributed by atoms with Gasteiger partial charge < -0.3 is 25.6 Å². The van der Waals surface area contributed by atoms with Crippen molar-refractivity contribution in [2.75, 3.05) is 25.0 Å². The lowest BCUT2D eigenvalue weighted by Gasteiger charge is -2.40. The Bertz CT molecular complexity index is 1780. The summed E-state index contributed by atoms with van der Waals surface area (Å²) < 4.78 is 48.4. The predicted molar refractivity (Wildman–Crippen MR) is 185 cm³/mol. The number of nitrogens with zero attached hydrogens (tertiary/aromatic N) is 1. The molecule has 5 rings (SSSR count). The molecule has 0 radical (unpaired) electrons. The number of amides is 4. The molecule has 2 aromatic carbocycles. The molecular weight excluding hydrogens is 665 g/mol.